The van der Waals surface area contributed by atoms with Crippen LogP contribution in [0.1, 0.15) is 12.8 Å². The number of aromatic nitrogens is 2. The first kappa shape index (κ1) is 25.0. The zero-order valence-corrected chi connectivity index (χ0v) is 25.7. The minimum Gasteiger partial charge on any atom is -0.458 e. The molecule has 2 aromatic heterocycles. The number of benzene rings is 6. The van der Waals surface area contributed by atoms with Crippen molar-refractivity contribution in [1.82, 2.24) is 9.13 Å². The van der Waals surface area contributed by atoms with Gasteiger partial charge in [0.2, 0.25) is 0 Å². The van der Waals surface area contributed by atoms with E-state index in [2.05, 4.69) is 112 Å². The van der Waals surface area contributed by atoms with Crippen molar-refractivity contribution in [3.05, 3.63) is 127 Å². The highest BCUT2D eigenvalue weighted by molar-refractivity contribution is 6.99. The molecular weight excluding hydrogens is 591 g/mol. The first-order valence-electron chi connectivity index (χ1n) is 16.6. The molecule has 224 valence electrons. The normalized spacial score (nSPS) is 15.0. The van der Waals surface area contributed by atoms with Gasteiger partial charge in [0.15, 0.2) is 0 Å². The molecule has 5 nitrogen and oxygen atoms in total. The van der Waals surface area contributed by atoms with Gasteiger partial charge in [-0.05, 0) is 61.4 Å². The van der Waals surface area contributed by atoms with E-state index in [0.717, 1.165) is 74.9 Å². The SMILES string of the molecule is C1=CCCC(n2c3ccccc3c3c2ccc2c4ccccc4n(-c4cc5c6c(c4)Oc4cccc7c4B6c4c(cccc4O5)O7)c23)=C1. The van der Waals surface area contributed by atoms with Crippen molar-refractivity contribution in [3.63, 3.8) is 0 Å². The molecule has 0 radical (unpaired) electrons. The molecule has 0 spiro atoms. The molecule has 1 aliphatic carbocycles. The van der Waals surface area contributed by atoms with Crippen molar-refractivity contribution < 1.29 is 14.2 Å². The molecule has 5 heterocycles. The standard InChI is InChI=1S/C42H25BN2O3/c1-2-10-24(11-3-1)44-30-15-7-5-13-28(30)38-31(44)21-20-27-26-12-4-6-14-29(26)45(42(27)38)25-22-36-41-37(23-25)48-35-19-9-17-33-40(35)43(41)39-32(46-33)16-8-18-34(39)47-36/h1-2,4-10,12-23H,3,11H2. The lowest BCUT2D eigenvalue weighted by Gasteiger charge is -2.37. The maximum absolute atomic E-state index is 6.76. The Kier molecular flexibility index (Phi) is 4.59. The second kappa shape index (κ2) is 8.81. The second-order valence-corrected chi connectivity index (χ2v) is 13.1. The summed E-state index contributed by atoms with van der Waals surface area (Å²) in [5.41, 5.74) is 10.3. The predicted molar refractivity (Wildman–Crippen MR) is 194 cm³/mol. The lowest BCUT2D eigenvalue weighted by atomic mass is 9.34. The van der Waals surface area contributed by atoms with E-state index < -0.39 is 0 Å². The zero-order valence-electron chi connectivity index (χ0n) is 25.7. The minimum atomic E-state index is -0.0154. The van der Waals surface area contributed by atoms with Gasteiger partial charge in [-0.1, -0.05) is 66.7 Å². The lowest BCUT2D eigenvalue weighted by molar-refractivity contribution is 0.442. The summed E-state index contributed by atoms with van der Waals surface area (Å²) in [5, 5.41) is 4.93. The molecule has 6 aromatic carbocycles. The van der Waals surface area contributed by atoms with Crippen LogP contribution in [0.15, 0.2) is 127 Å². The van der Waals surface area contributed by atoms with Crippen LogP contribution in [0, 0.1) is 0 Å². The summed E-state index contributed by atoms with van der Waals surface area (Å²) in [6, 6.07) is 38.8. The van der Waals surface area contributed by atoms with E-state index in [4.69, 9.17) is 14.2 Å². The molecule has 0 bridgehead atoms. The Hall–Kier alpha value is -6.14. The fourth-order valence-corrected chi connectivity index (χ4v) is 8.79. The summed E-state index contributed by atoms with van der Waals surface area (Å²) in [6.07, 6.45) is 8.75. The number of hydrogen-bond acceptors (Lipinski definition) is 3. The van der Waals surface area contributed by atoms with E-state index >= 15 is 0 Å². The Morgan fingerprint density at radius 1 is 0.521 bits per heavy atom. The highest BCUT2D eigenvalue weighted by Crippen LogP contribution is 2.46. The summed E-state index contributed by atoms with van der Waals surface area (Å²) in [7, 11) is 0. The summed E-state index contributed by atoms with van der Waals surface area (Å²) < 4.78 is 24.8. The Morgan fingerprint density at radius 3 is 1.79 bits per heavy atom. The van der Waals surface area contributed by atoms with Crippen LogP contribution in [0.25, 0.3) is 55.0 Å². The third-order valence-corrected chi connectivity index (χ3v) is 10.7. The number of rotatable bonds is 2. The minimum absolute atomic E-state index is 0.0154. The van der Waals surface area contributed by atoms with Crippen molar-refractivity contribution >= 4 is 72.4 Å². The molecule has 0 fully saturated rings. The van der Waals surface area contributed by atoms with Crippen molar-refractivity contribution in [2.24, 2.45) is 0 Å². The van der Waals surface area contributed by atoms with Crippen LogP contribution in [0.2, 0.25) is 0 Å². The predicted octanol–water partition coefficient (Wildman–Crippen LogP) is 8.92. The molecule has 12 rings (SSSR count). The Labute approximate surface area is 275 Å². The molecule has 48 heavy (non-hydrogen) atoms. The van der Waals surface area contributed by atoms with E-state index in [1.54, 1.807) is 0 Å². The maximum atomic E-state index is 6.76. The van der Waals surface area contributed by atoms with Gasteiger partial charge >= 0.3 is 0 Å². The first-order chi connectivity index (χ1) is 23.8. The number of para-hydroxylation sites is 2. The molecule has 6 heteroatoms. The van der Waals surface area contributed by atoms with Gasteiger partial charge in [0.25, 0.3) is 6.71 Å². The van der Waals surface area contributed by atoms with Crippen molar-refractivity contribution in [1.29, 1.82) is 0 Å². The topological polar surface area (TPSA) is 37.5 Å². The van der Waals surface area contributed by atoms with E-state index in [1.165, 1.54) is 43.8 Å². The van der Waals surface area contributed by atoms with Crippen LogP contribution in [-0.2, 0) is 0 Å². The monoisotopic (exact) mass is 616 g/mol. The highest BCUT2D eigenvalue weighted by atomic mass is 16.5. The summed E-state index contributed by atoms with van der Waals surface area (Å²) >= 11 is 0. The van der Waals surface area contributed by atoms with E-state index in [9.17, 15) is 0 Å². The van der Waals surface area contributed by atoms with Gasteiger partial charge in [0.05, 0.1) is 27.8 Å². The fraction of sp³-hybridized carbons (Fsp3) is 0.0476. The molecule has 0 unspecified atom stereocenters. The van der Waals surface area contributed by atoms with Gasteiger partial charge < -0.3 is 23.3 Å². The molecule has 3 aliphatic heterocycles. The van der Waals surface area contributed by atoms with Gasteiger partial charge in [0, 0.05) is 55.8 Å². The maximum Gasteiger partial charge on any atom is 0.270 e. The molecular formula is C42H25BN2O3. The number of fused-ring (bicyclic) bond motifs is 7. The third-order valence-electron chi connectivity index (χ3n) is 10.7. The molecule has 0 amide bonds. The van der Waals surface area contributed by atoms with Crippen LogP contribution in [0.3, 0.4) is 0 Å². The molecule has 8 aromatic rings. The Morgan fingerprint density at radius 2 is 1.12 bits per heavy atom. The number of ether oxygens (including phenoxy) is 3. The number of hydrogen-bond donors (Lipinski definition) is 0. The van der Waals surface area contributed by atoms with Crippen LogP contribution >= 0.6 is 0 Å². The lowest BCUT2D eigenvalue weighted by Crippen LogP contribution is -2.59. The van der Waals surface area contributed by atoms with Gasteiger partial charge in [-0.3, -0.25) is 0 Å². The summed E-state index contributed by atoms with van der Waals surface area (Å²) in [5.74, 6) is 4.98. The molecule has 0 atom stereocenters. The highest BCUT2D eigenvalue weighted by Gasteiger charge is 2.46. The van der Waals surface area contributed by atoms with Crippen molar-refractivity contribution in [3.8, 4) is 40.2 Å². The van der Waals surface area contributed by atoms with Crippen LogP contribution in [-0.4, -0.2) is 15.8 Å². The van der Waals surface area contributed by atoms with Crippen molar-refractivity contribution in [2.75, 3.05) is 0 Å². The quantitative estimate of drug-likeness (QED) is 0.182. The van der Waals surface area contributed by atoms with E-state index in [0.29, 0.717) is 0 Å². The van der Waals surface area contributed by atoms with Gasteiger partial charge in [-0.15, -0.1) is 0 Å². The third kappa shape index (κ3) is 3.03. The Balaban J connectivity index is 1.20. The van der Waals surface area contributed by atoms with Crippen LogP contribution in [0.5, 0.6) is 34.5 Å². The molecule has 0 saturated carbocycles. The van der Waals surface area contributed by atoms with Gasteiger partial charge in [-0.25, -0.2) is 0 Å². The zero-order chi connectivity index (χ0) is 31.1. The smallest absolute Gasteiger partial charge is 0.270 e. The largest absolute Gasteiger partial charge is 0.458 e. The Bertz CT molecular complexity index is 2760. The van der Waals surface area contributed by atoms with Crippen LogP contribution in [0.4, 0.5) is 0 Å². The van der Waals surface area contributed by atoms with Gasteiger partial charge in [0.1, 0.15) is 34.5 Å². The number of nitrogens with zero attached hydrogens (tertiary/aromatic N) is 2. The molecule has 0 saturated heterocycles. The first-order valence-corrected chi connectivity index (χ1v) is 16.6. The van der Waals surface area contributed by atoms with E-state index in [1.807, 2.05) is 24.3 Å². The second-order valence-electron chi connectivity index (χ2n) is 13.1. The molecule has 0 N–H and O–H groups in total. The number of allylic oxidation sites excluding steroid dienone is 4. The average molecular weight is 616 g/mol. The van der Waals surface area contributed by atoms with Crippen LogP contribution < -0.4 is 30.6 Å². The van der Waals surface area contributed by atoms with E-state index in [-0.39, 0.29) is 6.71 Å². The average Bonchev–Trinajstić information content (AvgIpc) is 3.65. The van der Waals surface area contributed by atoms with Crippen molar-refractivity contribution in [2.45, 2.75) is 12.8 Å². The summed E-state index contributed by atoms with van der Waals surface area (Å²) in [4.78, 5) is 0. The molecule has 4 aliphatic rings. The van der Waals surface area contributed by atoms with Gasteiger partial charge in [-0.2, -0.15) is 0 Å². The fourth-order valence-electron chi connectivity index (χ4n) is 8.79. The summed E-state index contributed by atoms with van der Waals surface area (Å²) in [6.45, 7) is -0.0154.